The van der Waals surface area contributed by atoms with E-state index in [4.69, 9.17) is 11.6 Å². The zero-order valence-electron chi connectivity index (χ0n) is 9.55. The van der Waals surface area contributed by atoms with Crippen molar-refractivity contribution in [1.82, 2.24) is 0 Å². The van der Waals surface area contributed by atoms with Crippen LogP contribution in [0.1, 0.15) is 0 Å². The molecule has 1 aliphatic heterocycles. The van der Waals surface area contributed by atoms with Gasteiger partial charge in [0.05, 0.1) is 5.69 Å². The molecule has 0 aliphatic carbocycles. The van der Waals surface area contributed by atoms with Crippen molar-refractivity contribution in [3.8, 4) is 0 Å². The normalized spacial score (nSPS) is 17.4. The maximum absolute atomic E-state index is 12.2. The summed E-state index contributed by atoms with van der Waals surface area (Å²) in [5.41, 5.74) is -5.94. The number of amidine groups is 1. The maximum atomic E-state index is 12.2. The van der Waals surface area contributed by atoms with Crippen LogP contribution in [-0.4, -0.2) is 28.4 Å². The number of sulfonamides is 1. The number of anilines is 1. The lowest BCUT2D eigenvalue weighted by atomic mass is 10.3. The van der Waals surface area contributed by atoms with Gasteiger partial charge in [0.1, 0.15) is 4.90 Å². The third-order valence-corrected chi connectivity index (χ3v) is 4.62. The van der Waals surface area contributed by atoms with Crippen LogP contribution in [0.3, 0.4) is 0 Å². The summed E-state index contributed by atoms with van der Waals surface area (Å²) in [6, 6.07) is 2.03. The Balaban J connectivity index is 2.44. The van der Waals surface area contributed by atoms with Crippen LogP contribution in [0.5, 0.6) is 0 Å². The van der Waals surface area contributed by atoms with Gasteiger partial charge in [-0.1, -0.05) is 11.6 Å². The number of nitrogens with zero attached hydrogens (tertiary/aromatic N) is 1. The Kier molecular flexibility index (Phi) is 3.58. The van der Waals surface area contributed by atoms with E-state index in [-0.39, 0.29) is 10.7 Å². The fraction of sp³-hybridized carbons (Fsp3) is 0.125. The largest absolute Gasteiger partial charge is 0.534 e. The first-order valence-corrected chi connectivity index (χ1v) is 8.07. The highest BCUT2D eigenvalue weighted by molar-refractivity contribution is 7.91. The Morgan fingerprint density at radius 3 is 2.48 bits per heavy atom. The van der Waals surface area contributed by atoms with E-state index < -0.39 is 36.6 Å². The summed E-state index contributed by atoms with van der Waals surface area (Å²) in [7, 11) is -10.5. The number of fused-ring (bicyclic) bond motifs is 1. The molecule has 1 heterocycles. The molecule has 21 heavy (non-hydrogen) atoms. The lowest BCUT2D eigenvalue weighted by Crippen LogP contribution is -2.33. The van der Waals surface area contributed by atoms with Gasteiger partial charge in [0.15, 0.2) is 0 Å². The molecule has 0 aromatic heterocycles. The standard InChI is InChI=1S/C8H4ClF3N2O5S2/c9-4-1-2-5-6(3-4)20(15,16)14-7(13-5)19-21(17,18)8(10,11)12/h1-3H,(H,13,14). The molecule has 1 aromatic rings. The fourth-order valence-corrected chi connectivity index (χ4v) is 3.03. The molecular formula is C8H4ClF3N2O5S2. The smallest absolute Gasteiger partial charge is 0.338 e. The van der Waals surface area contributed by atoms with E-state index in [1.165, 1.54) is 6.07 Å². The van der Waals surface area contributed by atoms with Crippen LogP contribution < -0.4 is 5.32 Å². The first-order valence-electron chi connectivity index (χ1n) is 4.85. The van der Waals surface area contributed by atoms with Crippen molar-refractivity contribution in [3.63, 3.8) is 0 Å². The fourth-order valence-electron chi connectivity index (χ4n) is 1.30. The van der Waals surface area contributed by atoms with E-state index in [0.29, 0.717) is 0 Å². The number of hydrogen-bond acceptors (Lipinski definition) is 6. The molecule has 2 rings (SSSR count). The monoisotopic (exact) mass is 364 g/mol. The molecule has 0 bridgehead atoms. The molecule has 0 atom stereocenters. The molecule has 1 aliphatic rings. The first-order chi connectivity index (χ1) is 9.42. The van der Waals surface area contributed by atoms with Crippen molar-refractivity contribution < 1.29 is 34.2 Å². The summed E-state index contributed by atoms with van der Waals surface area (Å²) in [5, 5.41) is 2.06. The molecular weight excluding hydrogens is 361 g/mol. The lowest BCUT2D eigenvalue weighted by Gasteiger charge is -2.18. The molecule has 0 saturated carbocycles. The summed E-state index contributed by atoms with van der Waals surface area (Å²) in [5.74, 6) is 0. The predicted octanol–water partition coefficient (Wildman–Crippen LogP) is 1.68. The summed E-state index contributed by atoms with van der Waals surface area (Å²) >= 11 is 5.59. The van der Waals surface area contributed by atoms with Crippen molar-refractivity contribution in [2.24, 2.45) is 4.40 Å². The second-order valence-corrected chi connectivity index (χ2v) is 7.17. The van der Waals surface area contributed by atoms with Gasteiger partial charge < -0.3 is 9.50 Å². The van der Waals surface area contributed by atoms with Crippen molar-refractivity contribution in [3.05, 3.63) is 23.2 Å². The minimum absolute atomic E-state index is 0.0432. The quantitative estimate of drug-likeness (QED) is 0.601. The van der Waals surface area contributed by atoms with Crippen LogP contribution in [0.15, 0.2) is 27.5 Å². The Bertz CT molecular complexity index is 832. The number of nitrogens with one attached hydrogen (secondary N) is 1. The number of hydrogen-bond donors (Lipinski definition) is 1. The molecule has 116 valence electrons. The van der Waals surface area contributed by atoms with Crippen molar-refractivity contribution in [1.29, 1.82) is 0 Å². The van der Waals surface area contributed by atoms with Crippen LogP contribution in [-0.2, 0) is 24.3 Å². The van der Waals surface area contributed by atoms with E-state index in [0.717, 1.165) is 12.1 Å². The molecule has 0 amide bonds. The SMILES string of the molecule is O=S1(=O)N=C(OS(=O)(=O)C(F)(F)F)Nc2ccc(Cl)cc21. The van der Waals surface area contributed by atoms with Gasteiger partial charge in [-0.05, 0) is 18.2 Å². The van der Waals surface area contributed by atoms with Gasteiger partial charge in [-0.2, -0.15) is 30.0 Å². The summed E-state index contributed by atoms with van der Waals surface area (Å²) < 4.78 is 88.0. The number of benzene rings is 1. The third kappa shape index (κ3) is 3.06. The van der Waals surface area contributed by atoms with Crippen molar-refractivity contribution in [2.45, 2.75) is 10.4 Å². The van der Waals surface area contributed by atoms with Crippen LogP contribution in [0.2, 0.25) is 5.02 Å². The van der Waals surface area contributed by atoms with Crippen LogP contribution in [0, 0.1) is 0 Å². The molecule has 0 spiro atoms. The van der Waals surface area contributed by atoms with E-state index in [1.54, 1.807) is 0 Å². The van der Waals surface area contributed by atoms with Gasteiger partial charge in [0.2, 0.25) is 0 Å². The summed E-state index contributed by atoms with van der Waals surface area (Å²) in [6.45, 7) is 0. The second kappa shape index (κ2) is 4.74. The molecule has 1 aromatic carbocycles. The van der Waals surface area contributed by atoms with Gasteiger partial charge in [-0.15, -0.1) is 4.40 Å². The average molecular weight is 365 g/mol. The molecule has 0 fully saturated rings. The molecule has 0 unspecified atom stereocenters. The highest BCUT2D eigenvalue weighted by atomic mass is 35.5. The third-order valence-electron chi connectivity index (χ3n) is 2.14. The highest BCUT2D eigenvalue weighted by Gasteiger charge is 2.49. The molecule has 0 radical (unpaired) electrons. The Morgan fingerprint density at radius 1 is 1.29 bits per heavy atom. The van der Waals surface area contributed by atoms with Crippen LogP contribution in [0.25, 0.3) is 0 Å². The van der Waals surface area contributed by atoms with Crippen molar-refractivity contribution >= 4 is 43.5 Å². The van der Waals surface area contributed by atoms with Crippen LogP contribution >= 0.6 is 11.6 Å². The van der Waals surface area contributed by atoms with Gasteiger partial charge in [-0.25, -0.2) is 0 Å². The minimum atomic E-state index is -6.04. The van der Waals surface area contributed by atoms with E-state index in [1.807, 2.05) is 5.32 Å². The van der Waals surface area contributed by atoms with E-state index in [2.05, 4.69) is 8.58 Å². The molecule has 0 saturated heterocycles. The second-order valence-electron chi connectivity index (χ2n) is 3.62. The molecule has 7 nitrogen and oxygen atoms in total. The average Bonchev–Trinajstić information content (AvgIpc) is 2.27. The van der Waals surface area contributed by atoms with Gasteiger partial charge in [0.25, 0.3) is 10.0 Å². The predicted molar refractivity (Wildman–Crippen MR) is 65.8 cm³/mol. The maximum Gasteiger partial charge on any atom is 0.534 e. The Morgan fingerprint density at radius 2 is 1.90 bits per heavy atom. The number of alkyl halides is 3. The highest BCUT2D eigenvalue weighted by Crippen LogP contribution is 2.31. The summed E-state index contributed by atoms with van der Waals surface area (Å²) in [4.78, 5) is -0.424. The van der Waals surface area contributed by atoms with Gasteiger partial charge >= 0.3 is 21.6 Å². The number of rotatable bonds is 1. The first kappa shape index (κ1) is 15.9. The zero-order valence-corrected chi connectivity index (χ0v) is 11.9. The van der Waals surface area contributed by atoms with Gasteiger partial charge in [-0.3, -0.25) is 0 Å². The van der Waals surface area contributed by atoms with Crippen LogP contribution in [0.4, 0.5) is 18.9 Å². The number of halogens is 4. The minimum Gasteiger partial charge on any atom is -0.338 e. The zero-order chi connectivity index (χ0) is 16.1. The molecule has 1 N–H and O–H groups in total. The topological polar surface area (TPSA) is 102 Å². The Hall–Kier alpha value is -1.53. The van der Waals surface area contributed by atoms with E-state index in [9.17, 15) is 30.0 Å². The van der Waals surface area contributed by atoms with Crippen molar-refractivity contribution in [2.75, 3.05) is 5.32 Å². The Labute approximate surface area is 121 Å². The van der Waals surface area contributed by atoms with Gasteiger partial charge in [0, 0.05) is 5.02 Å². The summed E-state index contributed by atoms with van der Waals surface area (Å²) in [6.07, 6.45) is 0. The lowest BCUT2D eigenvalue weighted by molar-refractivity contribution is -0.0504. The van der Waals surface area contributed by atoms with E-state index >= 15 is 0 Å². The molecule has 13 heteroatoms.